The van der Waals surface area contributed by atoms with Gasteiger partial charge in [-0.2, -0.15) is 0 Å². The molecule has 1 amide bonds. The molecule has 0 unspecified atom stereocenters. The van der Waals surface area contributed by atoms with Crippen LogP contribution in [0.5, 0.6) is 0 Å². The van der Waals surface area contributed by atoms with Gasteiger partial charge in [0, 0.05) is 34.8 Å². The number of carbonyl (C=O) groups excluding carboxylic acids is 2. The van der Waals surface area contributed by atoms with Crippen LogP contribution in [0.2, 0.25) is 0 Å². The van der Waals surface area contributed by atoms with Gasteiger partial charge in [-0.25, -0.2) is 4.98 Å². The largest absolute Gasteiger partial charge is 0.480 e. The number of nitrogens with zero attached hydrogens (tertiary/aromatic N) is 3. The van der Waals surface area contributed by atoms with Gasteiger partial charge in [0.1, 0.15) is 21.8 Å². The third kappa shape index (κ3) is 5.98. The number of carboxylic acid groups (broad SMARTS) is 1. The molecule has 0 radical (unpaired) electrons. The molecule has 2 aliphatic rings. The molecule has 1 aliphatic heterocycles. The molecule has 1 spiro atoms. The first-order chi connectivity index (χ1) is 20.1. The van der Waals surface area contributed by atoms with Gasteiger partial charge >= 0.3 is 5.97 Å². The quantitative estimate of drug-likeness (QED) is 0.152. The number of thioether (sulfide) groups is 1. The zero-order chi connectivity index (χ0) is 29.9. The highest BCUT2D eigenvalue weighted by Crippen LogP contribution is 2.42. The highest BCUT2D eigenvalue weighted by molar-refractivity contribution is 8.01. The summed E-state index contributed by atoms with van der Waals surface area (Å²) in [5.74, 6) is -0.193. The second kappa shape index (κ2) is 12.3. The van der Waals surface area contributed by atoms with Crippen molar-refractivity contribution in [3.8, 4) is 11.4 Å². The Kier molecular flexibility index (Phi) is 8.78. The summed E-state index contributed by atoms with van der Waals surface area (Å²) in [6, 6.07) is 17.8. The number of anilines is 1. The maximum atomic E-state index is 13.8. The molecule has 1 aliphatic carbocycles. The number of carbonyl (C=O) groups is 3. The van der Waals surface area contributed by atoms with E-state index in [0.29, 0.717) is 38.0 Å². The number of unbranched alkanes of at least 4 members (excludes halogenated alkanes) is 2. The first-order valence-electron chi connectivity index (χ1n) is 14.9. The first-order valence-corrected chi connectivity index (χ1v) is 15.7. The first kappa shape index (κ1) is 29.9. The summed E-state index contributed by atoms with van der Waals surface area (Å²) in [5, 5.41) is 12.5. The van der Waals surface area contributed by atoms with Crippen LogP contribution in [0.25, 0.3) is 11.4 Å². The molecule has 2 heterocycles. The number of hydrogen-bond donors (Lipinski definition) is 2. The van der Waals surface area contributed by atoms with Crippen molar-refractivity contribution >= 4 is 35.1 Å². The van der Waals surface area contributed by atoms with E-state index in [1.165, 1.54) is 11.8 Å². The molecular formula is C33H40N4O4S. The molecule has 2 fully saturated rings. The Balaban J connectivity index is 1.34. The molecule has 8 nitrogen and oxygen atoms in total. The fourth-order valence-electron chi connectivity index (χ4n) is 6.08. The summed E-state index contributed by atoms with van der Waals surface area (Å²) in [6.45, 7) is 6.80. The summed E-state index contributed by atoms with van der Waals surface area (Å²) in [4.78, 5) is 46.3. The highest BCUT2D eigenvalue weighted by Gasteiger charge is 2.51. The summed E-state index contributed by atoms with van der Waals surface area (Å²) >= 11 is 1.30. The molecule has 5 rings (SSSR count). The van der Waals surface area contributed by atoms with Crippen molar-refractivity contribution in [2.45, 2.75) is 87.4 Å². The van der Waals surface area contributed by atoms with Crippen molar-refractivity contribution in [1.82, 2.24) is 14.9 Å². The summed E-state index contributed by atoms with van der Waals surface area (Å²) in [5.41, 5.74) is 1.78. The molecule has 9 heteroatoms. The summed E-state index contributed by atoms with van der Waals surface area (Å²) < 4.78 is 1.15. The fraction of sp³-hybridized carbons (Fsp3) is 0.455. The van der Waals surface area contributed by atoms with Crippen LogP contribution in [-0.2, 0) is 16.1 Å². The lowest BCUT2D eigenvalue weighted by Gasteiger charge is -2.41. The predicted molar refractivity (Wildman–Crippen MR) is 166 cm³/mol. The predicted octanol–water partition coefficient (Wildman–Crippen LogP) is 6.40. The van der Waals surface area contributed by atoms with Crippen molar-refractivity contribution in [3.63, 3.8) is 0 Å². The van der Waals surface area contributed by atoms with Crippen molar-refractivity contribution in [1.29, 1.82) is 0 Å². The van der Waals surface area contributed by atoms with Gasteiger partial charge in [-0.1, -0.05) is 50.1 Å². The molecule has 2 N–H and O–H groups in total. The van der Waals surface area contributed by atoms with Crippen molar-refractivity contribution in [3.05, 3.63) is 66.5 Å². The van der Waals surface area contributed by atoms with Crippen LogP contribution in [0.1, 0.15) is 76.2 Å². The van der Waals surface area contributed by atoms with Crippen LogP contribution in [-0.4, -0.2) is 49.3 Å². The Labute approximate surface area is 251 Å². The van der Waals surface area contributed by atoms with E-state index in [1.807, 2.05) is 60.8 Å². The number of nitrogens with one attached hydrogen (secondary N) is 1. The number of amides is 1. The van der Waals surface area contributed by atoms with Gasteiger partial charge in [-0.3, -0.25) is 14.4 Å². The van der Waals surface area contributed by atoms with Gasteiger partial charge < -0.3 is 19.9 Å². The zero-order valence-electron chi connectivity index (χ0n) is 24.6. The average molecular weight is 589 g/mol. The molecule has 1 saturated heterocycles. The van der Waals surface area contributed by atoms with Crippen molar-refractivity contribution in [2.75, 3.05) is 11.6 Å². The average Bonchev–Trinajstić information content (AvgIpc) is 3.55. The van der Waals surface area contributed by atoms with E-state index in [4.69, 9.17) is 4.98 Å². The monoisotopic (exact) mass is 588 g/mol. The van der Waals surface area contributed by atoms with Crippen LogP contribution in [0.4, 0.5) is 5.69 Å². The number of imidazole rings is 1. The van der Waals surface area contributed by atoms with Crippen LogP contribution in [0.3, 0.4) is 0 Å². The molecular weight excluding hydrogens is 548 g/mol. The Bertz CT molecular complexity index is 1430. The van der Waals surface area contributed by atoms with E-state index >= 15 is 0 Å². The number of para-hydroxylation sites is 1. The van der Waals surface area contributed by atoms with Gasteiger partial charge in [-0.15, -0.1) is 11.8 Å². The number of aliphatic carboxylic acids is 1. The van der Waals surface area contributed by atoms with E-state index < -0.39 is 16.3 Å². The molecule has 1 saturated carbocycles. The number of aromatic nitrogens is 2. The second-order valence-electron chi connectivity index (χ2n) is 11.9. The van der Waals surface area contributed by atoms with E-state index in [1.54, 1.807) is 13.8 Å². The number of hydrogen-bond acceptors (Lipinski definition) is 6. The van der Waals surface area contributed by atoms with Crippen LogP contribution in [0, 0.1) is 5.92 Å². The van der Waals surface area contributed by atoms with Gasteiger partial charge in [0.15, 0.2) is 5.78 Å². The fourth-order valence-corrected chi connectivity index (χ4v) is 7.03. The lowest BCUT2D eigenvalue weighted by molar-refractivity contribution is -0.138. The topological polar surface area (TPSA) is 105 Å². The highest BCUT2D eigenvalue weighted by atomic mass is 32.2. The van der Waals surface area contributed by atoms with Crippen molar-refractivity contribution in [2.24, 2.45) is 5.92 Å². The Morgan fingerprint density at radius 2 is 1.76 bits per heavy atom. The minimum Gasteiger partial charge on any atom is -0.480 e. The molecule has 3 aromatic rings. The minimum absolute atomic E-state index is 0.0420. The smallest absolute Gasteiger partial charge is 0.319 e. The summed E-state index contributed by atoms with van der Waals surface area (Å²) in [6.07, 6.45) is 7.60. The number of rotatable bonds is 11. The number of carboxylic acids is 1. The van der Waals surface area contributed by atoms with Gasteiger partial charge in [0.05, 0.1) is 6.67 Å². The number of ketones is 1. The van der Waals surface area contributed by atoms with Crippen LogP contribution < -0.4 is 10.2 Å². The summed E-state index contributed by atoms with van der Waals surface area (Å²) in [7, 11) is 0. The molecule has 222 valence electrons. The third-order valence-electron chi connectivity index (χ3n) is 8.62. The van der Waals surface area contributed by atoms with Gasteiger partial charge in [-0.05, 0) is 70.2 Å². The minimum atomic E-state index is -0.935. The van der Waals surface area contributed by atoms with Crippen LogP contribution in [0.15, 0.2) is 65.7 Å². The number of Topliss-reactive ketones (excluding diaryl/α,β-unsaturated/α-hetero) is 1. The van der Waals surface area contributed by atoms with Crippen molar-refractivity contribution < 1.29 is 19.5 Å². The second-order valence-corrected chi connectivity index (χ2v) is 13.6. The lowest BCUT2D eigenvalue weighted by Crippen LogP contribution is -2.52. The third-order valence-corrected chi connectivity index (χ3v) is 9.81. The Morgan fingerprint density at radius 3 is 2.40 bits per heavy atom. The van der Waals surface area contributed by atoms with Gasteiger partial charge in [0.25, 0.3) is 0 Å². The standard InChI is InChI=1S/C33H40N4O4S/c1-4-5-9-20-36-21-27(35-29(36)24-12-14-26(15-13-24)42-32(2,3)31(40)41)28(38)23-16-18-33(19-17-23)30(39)34-22-37(33)25-10-7-6-8-11-25/h6-8,10-15,21,23H,4-5,9,16-20,22H2,1-3H3,(H,34,39)(H,40,41). The molecule has 1 aromatic heterocycles. The maximum Gasteiger partial charge on any atom is 0.319 e. The maximum absolute atomic E-state index is 13.8. The van der Waals surface area contributed by atoms with E-state index in [9.17, 15) is 19.5 Å². The van der Waals surface area contributed by atoms with E-state index in [2.05, 4.69) is 21.7 Å². The lowest BCUT2D eigenvalue weighted by atomic mass is 9.73. The zero-order valence-corrected chi connectivity index (χ0v) is 25.5. The van der Waals surface area contributed by atoms with Crippen LogP contribution >= 0.6 is 11.8 Å². The number of aryl methyl sites for hydroxylation is 1. The Hall–Kier alpha value is -3.59. The van der Waals surface area contributed by atoms with Gasteiger partial charge in [0.2, 0.25) is 5.91 Å². The van der Waals surface area contributed by atoms with E-state index in [-0.39, 0.29) is 17.6 Å². The van der Waals surface area contributed by atoms with E-state index in [0.717, 1.165) is 47.8 Å². The molecule has 0 atom stereocenters. The molecule has 42 heavy (non-hydrogen) atoms. The molecule has 0 bridgehead atoms. The molecule has 2 aromatic carbocycles. The normalized spacial score (nSPS) is 20.6. The SMILES string of the molecule is CCCCCn1cc(C(=O)C2CCC3(CC2)C(=O)NCN3c2ccccc2)nc1-c1ccc(SC(C)(C)C(=O)O)cc1. The number of benzene rings is 2. The Morgan fingerprint density at radius 1 is 1.07 bits per heavy atom.